The molecule has 2 rings (SSSR count). The minimum absolute atomic E-state index is 0. The number of aliphatic imine (C=N–C) groups is 1. The molecule has 0 aromatic heterocycles. The first kappa shape index (κ1) is 27.9. The standard InChI is InChI=1S/C10H17N2.C8H7F3O.CH3.K/c1-2-3-6-12-9-10-4-7-11-8-5-10;1-6-2-4-7(5-3-6)12-8(9,10)11;;/h4,6,9,11H,2-3,5,7-8H2,1H3;2-5H,1H3;1H3;/q-1;;-1;+1. The van der Waals surface area contributed by atoms with Gasteiger partial charge in [0.2, 0.25) is 0 Å². The second kappa shape index (κ2) is 15.7. The predicted octanol–water partition coefficient (Wildman–Crippen LogP) is 2.29. The fraction of sp³-hybridized carbons (Fsp3) is 0.421. The van der Waals surface area contributed by atoms with Crippen LogP contribution in [0.4, 0.5) is 13.2 Å². The van der Waals surface area contributed by atoms with Gasteiger partial charge in [-0.2, -0.15) is 6.08 Å². The van der Waals surface area contributed by atoms with Gasteiger partial charge in [-0.1, -0.05) is 50.2 Å². The Morgan fingerprint density at radius 2 is 1.92 bits per heavy atom. The molecule has 0 saturated heterocycles. The molecule has 1 N–H and O–H groups in total. The SMILES string of the molecule is CCCC=N[CH-]C1=CCNCC1.Cc1ccc(OC(F)(F)F)cc1.[CH3-].[K+]. The monoisotopic (exact) mass is 395 g/mol. The number of hydrogen-bond donors (Lipinski definition) is 1. The summed E-state index contributed by atoms with van der Waals surface area (Å²) in [7, 11) is 0. The summed E-state index contributed by atoms with van der Waals surface area (Å²) in [5.74, 6) is -0.187. The van der Waals surface area contributed by atoms with Crippen LogP contribution >= 0.6 is 0 Å². The van der Waals surface area contributed by atoms with Gasteiger partial charge in [-0.05, 0) is 38.6 Å². The number of ether oxygens (including phenoxy) is 1. The molecule has 0 aliphatic carbocycles. The molecule has 0 fully saturated rings. The zero-order chi connectivity index (χ0) is 17.8. The molecule has 0 unspecified atom stereocenters. The summed E-state index contributed by atoms with van der Waals surface area (Å²) in [6, 6.07) is 5.67. The van der Waals surface area contributed by atoms with Gasteiger partial charge in [0.1, 0.15) is 5.75 Å². The van der Waals surface area contributed by atoms with E-state index in [2.05, 4.69) is 28.0 Å². The molecule has 1 aromatic carbocycles. The van der Waals surface area contributed by atoms with Gasteiger partial charge < -0.3 is 22.5 Å². The van der Waals surface area contributed by atoms with Crippen molar-refractivity contribution < 1.29 is 69.3 Å². The molecule has 1 heterocycles. The van der Waals surface area contributed by atoms with Crippen LogP contribution in [0.2, 0.25) is 0 Å². The minimum Gasteiger partial charge on any atom is -0.406 e. The summed E-state index contributed by atoms with van der Waals surface area (Å²) in [6.07, 6.45) is 2.97. The number of alkyl halides is 3. The summed E-state index contributed by atoms with van der Waals surface area (Å²) in [6.45, 7) is 8.02. The molecule has 1 aromatic rings. The number of unbranched alkanes of at least 4 members (excludes halogenated alkanes) is 1. The van der Waals surface area contributed by atoms with Crippen molar-refractivity contribution in [3.63, 3.8) is 0 Å². The van der Waals surface area contributed by atoms with Gasteiger partial charge in [0.05, 0.1) is 0 Å². The third-order valence-corrected chi connectivity index (χ3v) is 3.12. The molecule has 0 saturated carbocycles. The average Bonchev–Trinajstić information content (AvgIpc) is 2.54. The van der Waals surface area contributed by atoms with Crippen LogP contribution in [-0.2, 0) is 0 Å². The van der Waals surface area contributed by atoms with E-state index in [1.54, 1.807) is 19.1 Å². The molecule has 0 atom stereocenters. The second-order valence-corrected chi connectivity index (χ2v) is 5.34. The number of nitrogens with zero attached hydrogens (tertiary/aromatic N) is 1. The van der Waals surface area contributed by atoms with E-state index in [9.17, 15) is 13.2 Å². The van der Waals surface area contributed by atoms with Crippen molar-refractivity contribution in [3.8, 4) is 5.75 Å². The Hall–Kier alpha value is -0.314. The van der Waals surface area contributed by atoms with Crippen LogP contribution in [0.1, 0.15) is 31.7 Å². The Bertz CT molecular complexity index is 529. The molecule has 3 nitrogen and oxygen atoms in total. The molecular formula is C19H27F3KN2O-. The third-order valence-electron chi connectivity index (χ3n) is 3.12. The first-order valence-electron chi connectivity index (χ1n) is 7.97. The van der Waals surface area contributed by atoms with Crippen molar-refractivity contribution in [2.24, 2.45) is 4.99 Å². The number of halogens is 3. The second-order valence-electron chi connectivity index (χ2n) is 5.34. The van der Waals surface area contributed by atoms with E-state index in [0.29, 0.717) is 0 Å². The number of aryl methyl sites for hydroxylation is 1. The van der Waals surface area contributed by atoms with Gasteiger partial charge in [0.25, 0.3) is 0 Å². The quantitative estimate of drug-likeness (QED) is 0.472. The Morgan fingerprint density at radius 1 is 1.27 bits per heavy atom. The zero-order valence-electron chi connectivity index (χ0n) is 16.1. The van der Waals surface area contributed by atoms with Crippen LogP contribution in [0.5, 0.6) is 5.75 Å². The fourth-order valence-electron chi connectivity index (χ4n) is 1.85. The Labute approximate surface area is 197 Å². The maximum atomic E-state index is 11.6. The van der Waals surface area contributed by atoms with Gasteiger partial charge in [-0.15, -0.1) is 18.7 Å². The largest absolute Gasteiger partial charge is 1.00 e. The molecule has 0 amide bonds. The minimum atomic E-state index is -4.60. The molecule has 0 bridgehead atoms. The molecule has 7 heteroatoms. The van der Waals surface area contributed by atoms with Crippen molar-refractivity contribution in [2.75, 3.05) is 13.1 Å². The maximum absolute atomic E-state index is 11.6. The van der Waals surface area contributed by atoms with Gasteiger partial charge in [-0.25, -0.2) is 0 Å². The van der Waals surface area contributed by atoms with E-state index in [1.807, 2.05) is 12.8 Å². The van der Waals surface area contributed by atoms with Crippen LogP contribution in [0.3, 0.4) is 0 Å². The Kier molecular flexibility index (Phi) is 16.9. The van der Waals surface area contributed by atoms with E-state index in [-0.39, 0.29) is 64.6 Å². The maximum Gasteiger partial charge on any atom is 1.00 e. The predicted molar refractivity (Wildman–Crippen MR) is 97.5 cm³/mol. The fourth-order valence-corrected chi connectivity index (χ4v) is 1.85. The first-order chi connectivity index (χ1) is 11.4. The first-order valence-corrected chi connectivity index (χ1v) is 7.97. The summed E-state index contributed by atoms with van der Waals surface area (Å²) < 4.78 is 38.5. The molecule has 0 spiro atoms. The van der Waals surface area contributed by atoms with E-state index in [1.165, 1.54) is 24.1 Å². The number of rotatable bonds is 5. The average molecular weight is 396 g/mol. The van der Waals surface area contributed by atoms with E-state index < -0.39 is 6.36 Å². The van der Waals surface area contributed by atoms with Gasteiger partial charge >= 0.3 is 57.7 Å². The van der Waals surface area contributed by atoms with Crippen LogP contribution < -0.4 is 61.4 Å². The van der Waals surface area contributed by atoms with Gasteiger partial charge in [0, 0.05) is 0 Å². The summed E-state index contributed by atoms with van der Waals surface area (Å²) in [4.78, 5) is 4.24. The summed E-state index contributed by atoms with van der Waals surface area (Å²) >= 11 is 0. The molecule has 1 aliphatic heterocycles. The molecular weight excluding hydrogens is 368 g/mol. The van der Waals surface area contributed by atoms with Gasteiger partial charge in [0.15, 0.2) is 0 Å². The molecule has 0 radical (unpaired) electrons. The van der Waals surface area contributed by atoms with Crippen molar-refractivity contribution in [3.05, 3.63) is 55.4 Å². The van der Waals surface area contributed by atoms with Crippen molar-refractivity contribution >= 4 is 6.21 Å². The van der Waals surface area contributed by atoms with Crippen molar-refractivity contribution in [1.29, 1.82) is 0 Å². The van der Waals surface area contributed by atoms with Crippen LogP contribution in [0.15, 0.2) is 40.9 Å². The van der Waals surface area contributed by atoms with Crippen LogP contribution in [-0.4, -0.2) is 25.7 Å². The third kappa shape index (κ3) is 14.8. The van der Waals surface area contributed by atoms with Crippen molar-refractivity contribution in [2.45, 2.75) is 39.5 Å². The zero-order valence-corrected chi connectivity index (χ0v) is 19.2. The summed E-state index contributed by atoms with van der Waals surface area (Å²) in [5.41, 5.74) is 2.26. The Morgan fingerprint density at radius 3 is 2.42 bits per heavy atom. The van der Waals surface area contributed by atoms with E-state index in [0.717, 1.165) is 31.5 Å². The van der Waals surface area contributed by atoms with E-state index >= 15 is 0 Å². The smallest absolute Gasteiger partial charge is 0.406 e. The number of nitrogens with one attached hydrogen (secondary N) is 1. The number of benzene rings is 1. The van der Waals surface area contributed by atoms with Crippen LogP contribution in [0.25, 0.3) is 0 Å². The van der Waals surface area contributed by atoms with Gasteiger partial charge in [-0.3, -0.25) is 0 Å². The van der Waals surface area contributed by atoms with E-state index in [4.69, 9.17) is 0 Å². The molecule has 26 heavy (non-hydrogen) atoms. The molecule has 1 aliphatic rings. The normalized spacial score (nSPS) is 13.5. The number of hydrogen-bond acceptors (Lipinski definition) is 3. The summed E-state index contributed by atoms with van der Waals surface area (Å²) in [5, 5.41) is 3.27. The molecule has 142 valence electrons. The van der Waals surface area contributed by atoms with Crippen molar-refractivity contribution in [1.82, 2.24) is 5.32 Å². The Balaban J connectivity index is 0. The van der Waals surface area contributed by atoms with Crippen LogP contribution in [0, 0.1) is 20.9 Å². The topological polar surface area (TPSA) is 33.6 Å².